The van der Waals surface area contributed by atoms with E-state index < -0.39 is 11.8 Å². The van der Waals surface area contributed by atoms with Gasteiger partial charge in [0.2, 0.25) is 5.60 Å². The lowest BCUT2D eigenvalue weighted by atomic mass is 9.91. The zero-order valence-corrected chi connectivity index (χ0v) is 18.3. The molecule has 1 unspecified atom stereocenters. The average Bonchev–Trinajstić information content (AvgIpc) is 3.00. The zero-order chi connectivity index (χ0) is 22.9. The summed E-state index contributed by atoms with van der Waals surface area (Å²) in [5.41, 5.74) is -2.71. The van der Waals surface area contributed by atoms with E-state index in [2.05, 4.69) is 0 Å². The van der Waals surface area contributed by atoms with E-state index in [0.29, 0.717) is 37.0 Å². The van der Waals surface area contributed by atoms with Gasteiger partial charge in [0.25, 0.3) is 0 Å². The maximum Gasteiger partial charge on any atom is 0.425 e. The smallest absolute Gasteiger partial charge is 0.425 e. The van der Waals surface area contributed by atoms with Gasteiger partial charge in [-0.3, -0.25) is 0 Å². The predicted molar refractivity (Wildman–Crippen MR) is 114 cm³/mol. The molecule has 0 spiro atoms. The van der Waals surface area contributed by atoms with Crippen LogP contribution in [-0.4, -0.2) is 23.7 Å². The second-order valence-electron chi connectivity index (χ2n) is 6.47. The molecule has 30 heavy (non-hydrogen) atoms. The number of hydrogen-bond donors (Lipinski definition) is 1. The highest BCUT2D eigenvalue weighted by Gasteiger charge is 2.60. The zero-order valence-electron chi connectivity index (χ0n) is 18.3. The Labute approximate surface area is 176 Å². The predicted octanol–water partition coefficient (Wildman–Crippen LogP) is 6.66. The second kappa shape index (κ2) is 11.2. The Morgan fingerprint density at radius 3 is 2.17 bits per heavy atom. The van der Waals surface area contributed by atoms with Crippen molar-refractivity contribution >= 4 is 5.78 Å². The standard InChI is InChI=1S/C20H19F3O3.2C2H6/c1-13(24)6-4-5-11-26-14-9-10-16-15-7-2-3-8-17(15)19(25,18(16)12-14)20(21,22)23;2*1-2/h2-3,7-10,12,25H,4-6,11H2,1H3;2*1-2H3. The summed E-state index contributed by atoms with van der Waals surface area (Å²) in [6.45, 7) is 9.81. The van der Waals surface area contributed by atoms with Gasteiger partial charge in [0, 0.05) is 17.5 Å². The molecule has 0 heterocycles. The topological polar surface area (TPSA) is 46.5 Å². The Kier molecular flexibility index (Phi) is 9.56. The van der Waals surface area contributed by atoms with Crippen molar-refractivity contribution in [3.8, 4) is 16.9 Å². The van der Waals surface area contributed by atoms with Gasteiger partial charge < -0.3 is 14.6 Å². The molecule has 3 rings (SSSR count). The molecule has 1 aliphatic rings. The van der Waals surface area contributed by atoms with Gasteiger partial charge in [-0.25, -0.2) is 0 Å². The van der Waals surface area contributed by atoms with Gasteiger partial charge in [-0.05, 0) is 43.0 Å². The van der Waals surface area contributed by atoms with Gasteiger partial charge in [0.05, 0.1) is 6.61 Å². The fourth-order valence-electron chi connectivity index (χ4n) is 3.30. The first-order valence-corrected chi connectivity index (χ1v) is 10.4. The molecular weight excluding hydrogens is 393 g/mol. The highest BCUT2D eigenvalue weighted by atomic mass is 19.4. The molecule has 0 saturated heterocycles. The summed E-state index contributed by atoms with van der Waals surface area (Å²) in [7, 11) is 0. The molecule has 2 aromatic rings. The maximum atomic E-state index is 13.7. The monoisotopic (exact) mass is 424 g/mol. The molecule has 0 radical (unpaired) electrons. The number of rotatable bonds is 6. The van der Waals surface area contributed by atoms with Crippen LogP contribution in [0.15, 0.2) is 42.5 Å². The third-order valence-electron chi connectivity index (χ3n) is 4.59. The molecule has 0 amide bonds. The van der Waals surface area contributed by atoms with Crippen LogP contribution in [0.25, 0.3) is 11.1 Å². The number of benzene rings is 2. The number of fused-ring (bicyclic) bond motifs is 3. The minimum Gasteiger partial charge on any atom is -0.494 e. The molecule has 2 aromatic carbocycles. The van der Waals surface area contributed by atoms with Crippen LogP contribution < -0.4 is 4.74 Å². The molecule has 1 atom stereocenters. The number of alkyl halides is 3. The van der Waals surface area contributed by atoms with Crippen LogP contribution in [0.1, 0.15) is 65.0 Å². The molecule has 0 saturated carbocycles. The SMILES string of the molecule is CC.CC.CC(=O)CCCCOc1ccc2c(c1)C(O)(C(F)(F)F)c1ccccc1-2. The molecule has 0 aromatic heterocycles. The number of halogens is 3. The van der Waals surface area contributed by atoms with Crippen LogP contribution in [0.5, 0.6) is 5.75 Å². The number of ketones is 1. The van der Waals surface area contributed by atoms with Crippen molar-refractivity contribution in [2.75, 3.05) is 6.61 Å². The molecule has 0 bridgehead atoms. The highest BCUT2D eigenvalue weighted by molar-refractivity contribution is 5.81. The lowest BCUT2D eigenvalue weighted by molar-refractivity contribution is -0.246. The third-order valence-corrected chi connectivity index (χ3v) is 4.59. The number of carbonyl (C=O) groups excluding carboxylic acids is 1. The van der Waals surface area contributed by atoms with Gasteiger partial charge in [-0.1, -0.05) is 58.0 Å². The lowest BCUT2D eigenvalue weighted by Crippen LogP contribution is -2.41. The molecule has 3 nitrogen and oxygen atoms in total. The van der Waals surface area contributed by atoms with Crippen LogP contribution in [-0.2, 0) is 10.4 Å². The van der Waals surface area contributed by atoms with Crippen LogP contribution in [0, 0.1) is 0 Å². The van der Waals surface area contributed by atoms with E-state index in [4.69, 9.17) is 4.74 Å². The number of hydrogen-bond acceptors (Lipinski definition) is 3. The van der Waals surface area contributed by atoms with Gasteiger partial charge in [-0.15, -0.1) is 0 Å². The number of carbonyl (C=O) groups is 1. The first kappa shape index (κ1) is 25.7. The Balaban J connectivity index is 0.00000106. The van der Waals surface area contributed by atoms with Gasteiger partial charge in [-0.2, -0.15) is 13.2 Å². The summed E-state index contributed by atoms with van der Waals surface area (Å²) < 4.78 is 46.7. The van der Waals surface area contributed by atoms with Crippen molar-refractivity contribution in [1.82, 2.24) is 0 Å². The molecule has 0 aliphatic heterocycles. The summed E-state index contributed by atoms with van der Waals surface area (Å²) in [5.74, 6) is 0.359. The van der Waals surface area contributed by atoms with Crippen LogP contribution in [0.2, 0.25) is 0 Å². The van der Waals surface area contributed by atoms with Gasteiger partial charge in [0.1, 0.15) is 11.5 Å². The largest absolute Gasteiger partial charge is 0.494 e. The van der Waals surface area contributed by atoms with Crippen LogP contribution in [0.4, 0.5) is 13.2 Å². The van der Waals surface area contributed by atoms with Crippen LogP contribution >= 0.6 is 0 Å². The lowest BCUT2D eigenvalue weighted by Gasteiger charge is -2.28. The number of ether oxygens (including phenoxy) is 1. The third kappa shape index (κ3) is 5.22. The number of Topliss-reactive ketones (excluding diaryl/α,β-unsaturated/α-hetero) is 1. The van der Waals surface area contributed by atoms with Gasteiger partial charge >= 0.3 is 6.18 Å². The first-order chi connectivity index (χ1) is 14.2. The van der Waals surface area contributed by atoms with E-state index in [1.54, 1.807) is 24.3 Å². The fourth-order valence-corrected chi connectivity index (χ4v) is 3.30. The summed E-state index contributed by atoms with van der Waals surface area (Å²) in [5, 5.41) is 10.6. The second-order valence-corrected chi connectivity index (χ2v) is 6.47. The van der Waals surface area contributed by atoms with Crippen molar-refractivity contribution in [3.63, 3.8) is 0 Å². The Morgan fingerprint density at radius 1 is 0.967 bits per heavy atom. The quantitative estimate of drug-likeness (QED) is 0.528. The van der Waals surface area contributed by atoms with Crippen molar-refractivity contribution in [2.45, 2.75) is 65.7 Å². The van der Waals surface area contributed by atoms with E-state index in [1.807, 2.05) is 27.7 Å². The molecule has 166 valence electrons. The van der Waals surface area contributed by atoms with Crippen molar-refractivity contribution in [3.05, 3.63) is 53.6 Å². The maximum absolute atomic E-state index is 13.7. The Bertz CT molecular complexity index is 831. The van der Waals surface area contributed by atoms with E-state index in [-0.39, 0.29) is 22.7 Å². The molecule has 0 fully saturated rings. The van der Waals surface area contributed by atoms with Crippen molar-refractivity contribution < 1.29 is 27.8 Å². The Morgan fingerprint density at radius 2 is 1.57 bits per heavy atom. The van der Waals surface area contributed by atoms with E-state index in [0.717, 1.165) is 0 Å². The van der Waals surface area contributed by atoms with Crippen LogP contribution in [0.3, 0.4) is 0 Å². The Hall–Kier alpha value is -2.34. The minimum absolute atomic E-state index is 0.0931. The first-order valence-electron chi connectivity index (χ1n) is 10.4. The average molecular weight is 425 g/mol. The fraction of sp³-hybridized carbons (Fsp3) is 0.458. The van der Waals surface area contributed by atoms with Gasteiger partial charge in [0.15, 0.2) is 0 Å². The highest BCUT2D eigenvalue weighted by Crippen LogP contribution is 2.55. The summed E-state index contributed by atoms with van der Waals surface area (Å²) >= 11 is 0. The van der Waals surface area contributed by atoms with E-state index in [1.165, 1.54) is 25.1 Å². The summed E-state index contributed by atoms with van der Waals surface area (Å²) in [6, 6.07) is 10.4. The van der Waals surface area contributed by atoms with E-state index in [9.17, 15) is 23.1 Å². The normalized spacial score (nSPS) is 16.3. The van der Waals surface area contributed by atoms with Crippen molar-refractivity contribution in [2.24, 2.45) is 0 Å². The van der Waals surface area contributed by atoms with E-state index >= 15 is 0 Å². The summed E-state index contributed by atoms with van der Waals surface area (Å²) in [4.78, 5) is 10.9. The molecular formula is C24H31F3O3. The summed E-state index contributed by atoms with van der Waals surface area (Å²) in [6.07, 6.45) is -3.11. The minimum atomic E-state index is -4.85. The molecule has 6 heteroatoms. The number of unbranched alkanes of at least 4 members (excludes halogenated alkanes) is 1. The number of aliphatic hydroxyl groups is 1. The molecule has 1 N–H and O–H groups in total. The molecule has 1 aliphatic carbocycles. The van der Waals surface area contributed by atoms with Crippen molar-refractivity contribution in [1.29, 1.82) is 0 Å².